The molecule has 1 fully saturated rings. The monoisotopic (exact) mass is 439 g/mol. The van der Waals surface area contributed by atoms with Crippen molar-refractivity contribution in [3.05, 3.63) is 58.6 Å². The van der Waals surface area contributed by atoms with Crippen molar-refractivity contribution in [3.63, 3.8) is 0 Å². The molecule has 0 atom stereocenters. The zero-order chi connectivity index (χ0) is 21.6. The fourth-order valence-corrected chi connectivity index (χ4v) is 3.90. The Bertz CT molecular complexity index is 872. The van der Waals surface area contributed by atoms with Gasteiger partial charge in [-0.05, 0) is 54.7 Å². The number of amides is 1. The molecule has 2 aromatic carbocycles. The molecule has 162 valence electrons. The summed E-state index contributed by atoms with van der Waals surface area (Å²) in [4.78, 5) is 13.2. The SMILES string of the molecule is COc1ccc(CCNC(=O)C2(c3cccc(Cl)c3)CCOCC2)cc1OC(F)F. The first-order valence-electron chi connectivity index (χ1n) is 9.68. The van der Waals surface area contributed by atoms with E-state index in [4.69, 9.17) is 21.1 Å². The molecule has 0 saturated carbocycles. The molecule has 5 nitrogen and oxygen atoms in total. The molecule has 0 spiro atoms. The van der Waals surface area contributed by atoms with Gasteiger partial charge in [0, 0.05) is 24.8 Å². The highest BCUT2D eigenvalue weighted by molar-refractivity contribution is 6.30. The van der Waals surface area contributed by atoms with Gasteiger partial charge in [-0.1, -0.05) is 29.8 Å². The van der Waals surface area contributed by atoms with Crippen molar-refractivity contribution in [2.45, 2.75) is 31.3 Å². The van der Waals surface area contributed by atoms with Gasteiger partial charge < -0.3 is 19.5 Å². The number of methoxy groups -OCH3 is 1. The number of ether oxygens (including phenoxy) is 3. The highest BCUT2D eigenvalue weighted by Crippen LogP contribution is 2.36. The van der Waals surface area contributed by atoms with E-state index in [1.807, 2.05) is 18.2 Å². The van der Waals surface area contributed by atoms with Gasteiger partial charge in [0.1, 0.15) is 0 Å². The van der Waals surface area contributed by atoms with E-state index in [9.17, 15) is 13.6 Å². The van der Waals surface area contributed by atoms with Gasteiger partial charge in [0.05, 0.1) is 12.5 Å². The van der Waals surface area contributed by atoms with Crippen molar-refractivity contribution in [1.29, 1.82) is 0 Å². The van der Waals surface area contributed by atoms with Crippen LogP contribution in [0.1, 0.15) is 24.0 Å². The molecule has 0 unspecified atom stereocenters. The Kier molecular flexibility index (Phi) is 7.50. The number of nitrogens with one attached hydrogen (secondary N) is 1. The lowest BCUT2D eigenvalue weighted by Gasteiger charge is -2.36. The predicted molar refractivity (Wildman–Crippen MR) is 110 cm³/mol. The van der Waals surface area contributed by atoms with Crippen LogP contribution >= 0.6 is 11.6 Å². The molecule has 1 heterocycles. The van der Waals surface area contributed by atoms with E-state index in [0.29, 0.717) is 44.0 Å². The number of benzene rings is 2. The Hall–Kier alpha value is -2.38. The highest BCUT2D eigenvalue weighted by Gasteiger charge is 2.41. The summed E-state index contributed by atoms with van der Waals surface area (Å²) in [5.74, 6) is 0.104. The average molecular weight is 440 g/mol. The minimum absolute atomic E-state index is 0.0313. The Balaban J connectivity index is 1.69. The van der Waals surface area contributed by atoms with Crippen LogP contribution in [0, 0.1) is 0 Å². The lowest BCUT2D eigenvalue weighted by Crippen LogP contribution is -2.48. The fraction of sp³-hybridized carbons (Fsp3) is 0.409. The summed E-state index contributed by atoms with van der Waals surface area (Å²) in [7, 11) is 1.39. The molecule has 1 aliphatic heterocycles. The first-order chi connectivity index (χ1) is 14.4. The molecule has 0 radical (unpaired) electrons. The zero-order valence-electron chi connectivity index (χ0n) is 16.6. The standard InChI is InChI=1S/C22H24ClF2NO4/c1-28-18-6-5-15(13-19(18)30-21(24)25)7-10-26-20(27)22(8-11-29-12-9-22)16-3-2-4-17(23)14-16/h2-6,13-14,21H,7-12H2,1H3,(H,26,27). The molecule has 0 aliphatic carbocycles. The van der Waals surface area contributed by atoms with Crippen LogP contribution in [0.2, 0.25) is 5.02 Å². The third-order valence-electron chi connectivity index (χ3n) is 5.30. The van der Waals surface area contributed by atoms with E-state index in [1.54, 1.807) is 18.2 Å². The molecule has 1 aliphatic rings. The molecule has 0 bridgehead atoms. The number of hydrogen-bond acceptors (Lipinski definition) is 4. The molecule has 30 heavy (non-hydrogen) atoms. The highest BCUT2D eigenvalue weighted by atomic mass is 35.5. The Labute approximate surface area is 179 Å². The Morgan fingerprint density at radius 2 is 1.97 bits per heavy atom. The van der Waals surface area contributed by atoms with Crippen molar-refractivity contribution in [2.24, 2.45) is 0 Å². The summed E-state index contributed by atoms with van der Waals surface area (Å²) in [5.41, 5.74) is 0.913. The lowest BCUT2D eigenvalue weighted by molar-refractivity contribution is -0.130. The van der Waals surface area contributed by atoms with Gasteiger partial charge in [0.2, 0.25) is 5.91 Å². The Morgan fingerprint density at radius 1 is 1.20 bits per heavy atom. The summed E-state index contributed by atoms with van der Waals surface area (Å²) < 4.78 is 40.2. The minimum Gasteiger partial charge on any atom is -0.493 e. The molecular formula is C22H24ClF2NO4. The number of alkyl halides is 2. The maximum absolute atomic E-state index is 13.2. The molecule has 1 N–H and O–H groups in total. The van der Waals surface area contributed by atoms with Crippen LogP contribution in [0.25, 0.3) is 0 Å². The van der Waals surface area contributed by atoms with Crippen molar-refractivity contribution < 1.29 is 27.8 Å². The first kappa shape index (κ1) is 22.3. The van der Waals surface area contributed by atoms with Crippen molar-refractivity contribution in [3.8, 4) is 11.5 Å². The summed E-state index contributed by atoms with van der Waals surface area (Å²) in [6.07, 6.45) is 1.58. The number of hydrogen-bond donors (Lipinski definition) is 1. The molecule has 1 saturated heterocycles. The van der Waals surface area contributed by atoms with Crippen molar-refractivity contribution in [2.75, 3.05) is 26.9 Å². The second-order valence-corrected chi connectivity index (χ2v) is 7.51. The predicted octanol–water partition coefficient (Wildman–Crippen LogP) is 4.36. The third-order valence-corrected chi connectivity index (χ3v) is 5.54. The van der Waals surface area contributed by atoms with Gasteiger partial charge in [-0.2, -0.15) is 8.78 Å². The van der Waals surface area contributed by atoms with Crippen LogP contribution in [-0.4, -0.2) is 39.4 Å². The first-order valence-corrected chi connectivity index (χ1v) is 10.1. The van der Waals surface area contributed by atoms with Gasteiger partial charge in [0.15, 0.2) is 11.5 Å². The smallest absolute Gasteiger partial charge is 0.387 e. The molecule has 8 heteroatoms. The summed E-state index contributed by atoms with van der Waals surface area (Å²) >= 11 is 6.15. The summed E-state index contributed by atoms with van der Waals surface area (Å²) in [5, 5.41) is 3.57. The van der Waals surface area contributed by atoms with Crippen LogP contribution in [0.4, 0.5) is 8.78 Å². The van der Waals surface area contributed by atoms with E-state index in [1.165, 1.54) is 13.2 Å². The van der Waals surface area contributed by atoms with Crippen LogP contribution in [0.3, 0.4) is 0 Å². The van der Waals surface area contributed by atoms with E-state index in [0.717, 1.165) is 11.1 Å². The lowest BCUT2D eigenvalue weighted by atomic mass is 9.73. The maximum atomic E-state index is 13.2. The average Bonchev–Trinajstić information content (AvgIpc) is 2.74. The van der Waals surface area contributed by atoms with Crippen LogP contribution in [0.15, 0.2) is 42.5 Å². The molecule has 0 aromatic heterocycles. The third kappa shape index (κ3) is 5.21. The van der Waals surface area contributed by atoms with Crippen LogP contribution < -0.4 is 14.8 Å². The Morgan fingerprint density at radius 3 is 2.63 bits per heavy atom. The largest absolute Gasteiger partial charge is 0.493 e. The molecule has 1 amide bonds. The maximum Gasteiger partial charge on any atom is 0.387 e. The fourth-order valence-electron chi connectivity index (χ4n) is 3.71. The van der Waals surface area contributed by atoms with Crippen molar-refractivity contribution in [1.82, 2.24) is 5.32 Å². The van der Waals surface area contributed by atoms with Gasteiger partial charge >= 0.3 is 6.61 Å². The van der Waals surface area contributed by atoms with Crippen LogP contribution in [-0.2, 0) is 21.4 Å². The summed E-state index contributed by atoms with van der Waals surface area (Å²) in [6.45, 7) is -1.61. The van der Waals surface area contributed by atoms with Gasteiger partial charge in [-0.3, -0.25) is 4.79 Å². The number of rotatable bonds is 8. The topological polar surface area (TPSA) is 56.8 Å². The molecule has 3 rings (SSSR count). The number of halogens is 3. The number of carbonyl (C=O) groups is 1. The van der Waals surface area contributed by atoms with Gasteiger partial charge in [0.25, 0.3) is 0 Å². The molecule has 2 aromatic rings. The second-order valence-electron chi connectivity index (χ2n) is 7.07. The van der Waals surface area contributed by atoms with Crippen LogP contribution in [0.5, 0.6) is 11.5 Å². The van der Waals surface area contributed by atoms with E-state index < -0.39 is 12.0 Å². The zero-order valence-corrected chi connectivity index (χ0v) is 17.4. The summed E-state index contributed by atoms with van der Waals surface area (Å²) in [6, 6.07) is 12.2. The number of carbonyl (C=O) groups excluding carboxylic acids is 1. The van der Waals surface area contributed by atoms with E-state index in [-0.39, 0.29) is 17.4 Å². The second kappa shape index (κ2) is 10.1. The van der Waals surface area contributed by atoms with Gasteiger partial charge in [-0.15, -0.1) is 0 Å². The van der Waals surface area contributed by atoms with Crippen molar-refractivity contribution >= 4 is 17.5 Å². The van der Waals surface area contributed by atoms with Gasteiger partial charge in [-0.25, -0.2) is 0 Å². The van der Waals surface area contributed by atoms with E-state index >= 15 is 0 Å². The quantitative estimate of drug-likeness (QED) is 0.664. The normalized spacial score (nSPS) is 15.6. The minimum atomic E-state index is -2.94. The molecular weight excluding hydrogens is 416 g/mol. The van der Waals surface area contributed by atoms with E-state index in [2.05, 4.69) is 10.1 Å².